The van der Waals surface area contributed by atoms with E-state index in [2.05, 4.69) is 10.3 Å². The fraction of sp³-hybridized carbons (Fsp3) is 0.294. The summed E-state index contributed by atoms with van der Waals surface area (Å²) < 4.78 is 0. The van der Waals surface area contributed by atoms with Crippen molar-refractivity contribution in [2.24, 2.45) is 5.92 Å². The molecule has 3 heteroatoms. The van der Waals surface area contributed by atoms with Gasteiger partial charge in [-0.2, -0.15) is 0 Å². The first kappa shape index (κ1) is 14.3. The number of anilines is 1. The van der Waals surface area contributed by atoms with Crippen LogP contribution in [0, 0.1) is 5.92 Å². The molecule has 0 atom stereocenters. The van der Waals surface area contributed by atoms with E-state index in [4.69, 9.17) is 0 Å². The lowest BCUT2D eigenvalue weighted by Crippen LogP contribution is -2.22. The topological polar surface area (TPSA) is 42.0 Å². The van der Waals surface area contributed by atoms with Crippen molar-refractivity contribution in [1.29, 1.82) is 0 Å². The highest BCUT2D eigenvalue weighted by atomic mass is 16.1. The van der Waals surface area contributed by atoms with Gasteiger partial charge in [0.15, 0.2) is 0 Å². The van der Waals surface area contributed by atoms with Crippen molar-refractivity contribution >= 4 is 11.7 Å². The van der Waals surface area contributed by atoms with Crippen LogP contribution in [0.3, 0.4) is 0 Å². The molecule has 1 aromatic carbocycles. The van der Waals surface area contributed by atoms with E-state index < -0.39 is 0 Å². The molecule has 1 aromatic heterocycles. The van der Waals surface area contributed by atoms with Crippen LogP contribution in [-0.4, -0.2) is 10.9 Å². The molecular weight excluding hydrogens is 248 g/mol. The second-order valence-corrected chi connectivity index (χ2v) is 4.80. The molecule has 0 fully saturated rings. The van der Waals surface area contributed by atoms with Gasteiger partial charge in [0.2, 0.25) is 5.91 Å². The van der Waals surface area contributed by atoms with Gasteiger partial charge < -0.3 is 5.32 Å². The van der Waals surface area contributed by atoms with E-state index in [1.54, 1.807) is 6.20 Å². The van der Waals surface area contributed by atoms with Gasteiger partial charge >= 0.3 is 0 Å². The number of pyridine rings is 1. The average molecular weight is 268 g/mol. The molecule has 0 saturated heterocycles. The van der Waals surface area contributed by atoms with Crippen molar-refractivity contribution in [3.8, 4) is 11.1 Å². The number of carbonyl (C=O) groups is 1. The van der Waals surface area contributed by atoms with E-state index in [1.165, 1.54) is 0 Å². The third-order valence-electron chi connectivity index (χ3n) is 3.48. The fourth-order valence-electron chi connectivity index (χ4n) is 2.16. The Labute approximate surface area is 120 Å². The quantitative estimate of drug-likeness (QED) is 0.886. The minimum absolute atomic E-state index is 0.0509. The lowest BCUT2D eigenvalue weighted by molar-refractivity contribution is -0.120. The molecule has 2 aromatic rings. The van der Waals surface area contributed by atoms with Gasteiger partial charge in [0, 0.05) is 17.7 Å². The standard InChI is InChI=1S/C17H20N2O/c1-3-13(4-2)17(20)19-16-11-10-15(12-18-16)14-8-6-5-7-9-14/h5-13H,3-4H2,1-2H3,(H,18,19,20). The third kappa shape index (κ3) is 3.44. The van der Waals surface area contributed by atoms with Gasteiger partial charge in [-0.25, -0.2) is 4.98 Å². The van der Waals surface area contributed by atoms with Crippen LogP contribution >= 0.6 is 0 Å². The summed E-state index contributed by atoms with van der Waals surface area (Å²) in [5, 5.41) is 2.87. The largest absolute Gasteiger partial charge is 0.310 e. The second-order valence-electron chi connectivity index (χ2n) is 4.80. The summed E-state index contributed by atoms with van der Waals surface area (Å²) in [5.41, 5.74) is 2.17. The van der Waals surface area contributed by atoms with E-state index >= 15 is 0 Å². The number of amides is 1. The summed E-state index contributed by atoms with van der Waals surface area (Å²) in [6.07, 6.45) is 3.49. The first-order chi connectivity index (χ1) is 9.74. The number of nitrogens with zero attached hydrogens (tertiary/aromatic N) is 1. The predicted octanol–water partition coefficient (Wildman–Crippen LogP) is 4.12. The first-order valence-corrected chi connectivity index (χ1v) is 7.07. The third-order valence-corrected chi connectivity index (χ3v) is 3.48. The van der Waals surface area contributed by atoms with E-state index in [0.29, 0.717) is 5.82 Å². The molecule has 0 spiro atoms. The lowest BCUT2D eigenvalue weighted by Gasteiger charge is -2.12. The van der Waals surface area contributed by atoms with Gasteiger partial charge in [-0.05, 0) is 30.5 Å². The van der Waals surface area contributed by atoms with Crippen LogP contribution < -0.4 is 5.32 Å². The fourth-order valence-corrected chi connectivity index (χ4v) is 2.16. The van der Waals surface area contributed by atoms with E-state index in [9.17, 15) is 4.79 Å². The van der Waals surface area contributed by atoms with Crippen LogP contribution in [0.4, 0.5) is 5.82 Å². The number of rotatable bonds is 5. The normalized spacial score (nSPS) is 10.6. The Morgan fingerprint density at radius 2 is 1.75 bits per heavy atom. The molecule has 2 rings (SSSR count). The zero-order valence-corrected chi connectivity index (χ0v) is 12.0. The van der Waals surface area contributed by atoms with Crippen molar-refractivity contribution in [2.45, 2.75) is 26.7 Å². The first-order valence-electron chi connectivity index (χ1n) is 7.07. The SMILES string of the molecule is CCC(CC)C(=O)Nc1ccc(-c2ccccc2)cn1. The van der Waals surface area contributed by atoms with Gasteiger partial charge in [0.25, 0.3) is 0 Å². The Bertz CT molecular complexity index is 545. The summed E-state index contributed by atoms with van der Waals surface area (Å²) in [6, 6.07) is 13.9. The van der Waals surface area contributed by atoms with Crippen LogP contribution in [-0.2, 0) is 4.79 Å². The molecule has 104 valence electrons. The maximum absolute atomic E-state index is 12.0. The average Bonchev–Trinajstić information content (AvgIpc) is 2.50. The van der Waals surface area contributed by atoms with E-state index in [0.717, 1.165) is 24.0 Å². The summed E-state index contributed by atoms with van der Waals surface area (Å²) >= 11 is 0. The summed E-state index contributed by atoms with van der Waals surface area (Å²) in [6.45, 7) is 4.05. The monoisotopic (exact) mass is 268 g/mol. The molecule has 0 saturated carbocycles. The van der Waals surface area contributed by atoms with Crippen molar-refractivity contribution in [1.82, 2.24) is 4.98 Å². The van der Waals surface area contributed by atoms with Crippen LogP contribution in [0.25, 0.3) is 11.1 Å². The highest BCUT2D eigenvalue weighted by Gasteiger charge is 2.14. The maximum atomic E-state index is 12.0. The van der Waals surface area contributed by atoms with Crippen LogP contribution in [0.2, 0.25) is 0 Å². The minimum Gasteiger partial charge on any atom is -0.310 e. The van der Waals surface area contributed by atoms with E-state index in [-0.39, 0.29) is 11.8 Å². The molecule has 0 bridgehead atoms. The molecule has 3 nitrogen and oxygen atoms in total. The smallest absolute Gasteiger partial charge is 0.228 e. The number of aromatic nitrogens is 1. The molecule has 0 aliphatic heterocycles. The van der Waals surface area contributed by atoms with Crippen LogP contribution in [0.1, 0.15) is 26.7 Å². The Kier molecular flexibility index (Phi) is 4.88. The number of hydrogen-bond acceptors (Lipinski definition) is 2. The molecule has 1 heterocycles. The van der Waals surface area contributed by atoms with Crippen molar-refractivity contribution in [3.05, 3.63) is 48.7 Å². The maximum Gasteiger partial charge on any atom is 0.228 e. The highest BCUT2D eigenvalue weighted by molar-refractivity contribution is 5.91. The predicted molar refractivity (Wildman–Crippen MR) is 82.4 cm³/mol. The number of carbonyl (C=O) groups excluding carboxylic acids is 1. The molecule has 0 aliphatic rings. The molecule has 1 amide bonds. The van der Waals surface area contributed by atoms with E-state index in [1.807, 2.05) is 56.3 Å². The Morgan fingerprint density at radius 3 is 2.30 bits per heavy atom. The van der Waals surface area contributed by atoms with Crippen molar-refractivity contribution in [2.75, 3.05) is 5.32 Å². The highest BCUT2D eigenvalue weighted by Crippen LogP contribution is 2.19. The zero-order chi connectivity index (χ0) is 14.4. The molecular formula is C17H20N2O. The summed E-state index contributed by atoms with van der Waals surface area (Å²) in [4.78, 5) is 16.3. The number of benzene rings is 1. The van der Waals surface area contributed by atoms with Crippen molar-refractivity contribution in [3.63, 3.8) is 0 Å². The second kappa shape index (κ2) is 6.85. The summed E-state index contributed by atoms with van der Waals surface area (Å²) in [5.74, 6) is 0.724. The lowest BCUT2D eigenvalue weighted by atomic mass is 10.0. The molecule has 0 radical (unpaired) electrons. The van der Waals surface area contributed by atoms with Crippen LogP contribution in [0.5, 0.6) is 0 Å². The molecule has 0 unspecified atom stereocenters. The Hall–Kier alpha value is -2.16. The summed E-state index contributed by atoms with van der Waals surface area (Å²) in [7, 11) is 0. The number of nitrogens with one attached hydrogen (secondary N) is 1. The van der Waals surface area contributed by atoms with Gasteiger partial charge in [-0.3, -0.25) is 4.79 Å². The minimum atomic E-state index is 0.0509. The molecule has 1 N–H and O–H groups in total. The molecule has 20 heavy (non-hydrogen) atoms. The Balaban J connectivity index is 2.07. The van der Waals surface area contributed by atoms with Crippen LogP contribution in [0.15, 0.2) is 48.7 Å². The van der Waals surface area contributed by atoms with Crippen molar-refractivity contribution < 1.29 is 4.79 Å². The van der Waals surface area contributed by atoms with Gasteiger partial charge in [-0.1, -0.05) is 44.2 Å². The van der Waals surface area contributed by atoms with Gasteiger partial charge in [0.1, 0.15) is 5.82 Å². The Morgan fingerprint density at radius 1 is 1.05 bits per heavy atom. The van der Waals surface area contributed by atoms with Gasteiger partial charge in [0.05, 0.1) is 0 Å². The molecule has 0 aliphatic carbocycles. The van der Waals surface area contributed by atoms with Gasteiger partial charge in [-0.15, -0.1) is 0 Å². The number of hydrogen-bond donors (Lipinski definition) is 1. The zero-order valence-electron chi connectivity index (χ0n) is 12.0.